The van der Waals surface area contributed by atoms with Gasteiger partial charge in [-0.05, 0) is 26.3 Å². The van der Waals surface area contributed by atoms with Crippen LogP contribution in [0, 0.1) is 0 Å². The Morgan fingerprint density at radius 3 is 2.87 bits per heavy atom. The molecule has 23 heavy (non-hydrogen) atoms. The molecule has 1 aliphatic rings. The number of piperidine rings is 1. The summed E-state index contributed by atoms with van der Waals surface area (Å²) in [7, 11) is 0. The minimum atomic E-state index is 0.0315. The highest BCUT2D eigenvalue weighted by molar-refractivity contribution is 5.08. The third-order valence-electron chi connectivity index (χ3n) is 4.54. The number of hydrogen-bond acceptors (Lipinski definition) is 5. The fraction of sp³-hybridized carbons (Fsp3) is 0.706. The Bertz CT molecular complexity index is 639. The van der Waals surface area contributed by atoms with Gasteiger partial charge in [0.1, 0.15) is 18.4 Å². The maximum atomic E-state index is 5.68. The first-order chi connectivity index (χ1) is 11.0. The molecule has 126 valence electrons. The van der Waals surface area contributed by atoms with Crippen molar-refractivity contribution in [2.24, 2.45) is 0 Å². The van der Waals surface area contributed by atoms with E-state index in [9.17, 15) is 0 Å². The lowest BCUT2D eigenvalue weighted by Gasteiger charge is -2.31. The average Bonchev–Trinajstić information content (AvgIpc) is 3.15. The fourth-order valence-electron chi connectivity index (χ4n) is 3.15. The van der Waals surface area contributed by atoms with Crippen molar-refractivity contribution >= 4 is 0 Å². The monoisotopic (exact) mass is 317 g/mol. The van der Waals surface area contributed by atoms with Crippen LogP contribution in [0.2, 0.25) is 0 Å². The zero-order valence-electron chi connectivity index (χ0n) is 14.6. The summed E-state index contributed by atoms with van der Waals surface area (Å²) in [6.07, 6.45) is 5.98. The number of oxazole rings is 1. The summed E-state index contributed by atoms with van der Waals surface area (Å²) in [5.41, 5.74) is 1.05. The number of hydrogen-bond donors (Lipinski definition) is 0. The van der Waals surface area contributed by atoms with Crippen molar-refractivity contribution in [3.8, 4) is 0 Å². The lowest BCUT2D eigenvalue weighted by Crippen LogP contribution is -2.35. The van der Waals surface area contributed by atoms with Crippen LogP contribution in [-0.4, -0.2) is 37.7 Å². The molecular weight excluding hydrogens is 290 g/mol. The molecular formula is C17H27N5O. The predicted molar refractivity (Wildman–Crippen MR) is 88.2 cm³/mol. The van der Waals surface area contributed by atoms with E-state index >= 15 is 0 Å². The van der Waals surface area contributed by atoms with Gasteiger partial charge in [0, 0.05) is 24.4 Å². The van der Waals surface area contributed by atoms with Crippen LogP contribution in [0.3, 0.4) is 0 Å². The SMILES string of the molecule is CCn1cnnc1C1CCCN(Cc2nc(C(C)(C)C)co2)C1. The molecule has 0 bridgehead atoms. The Kier molecular flexibility index (Phi) is 4.53. The van der Waals surface area contributed by atoms with Crippen LogP contribution in [0.1, 0.15) is 63.9 Å². The van der Waals surface area contributed by atoms with Gasteiger partial charge >= 0.3 is 0 Å². The summed E-state index contributed by atoms with van der Waals surface area (Å²) in [4.78, 5) is 7.07. The molecule has 2 aromatic rings. The molecule has 0 amide bonds. The minimum absolute atomic E-state index is 0.0315. The molecule has 3 rings (SSSR count). The fourth-order valence-corrected chi connectivity index (χ4v) is 3.15. The van der Waals surface area contributed by atoms with Crippen LogP contribution in [0.4, 0.5) is 0 Å². The number of rotatable bonds is 4. The minimum Gasteiger partial charge on any atom is -0.447 e. The van der Waals surface area contributed by atoms with Crippen molar-refractivity contribution in [2.75, 3.05) is 13.1 Å². The van der Waals surface area contributed by atoms with E-state index < -0.39 is 0 Å². The molecule has 6 heteroatoms. The topological polar surface area (TPSA) is 60.0 Å². The molecule has 1 saturated heterocycles. The lowest BCUT2D eigenvalue weighted by molar-refractivity contribution is 0.178. The third-order valence-corrected chi connectivity index (χ3v) is 4.54. The Hall–Kier alpha value is -1.69. The Balaban J connectivity index is 1.66. The van der Waals surface area contributed by atoms with Gasteiger partial charge in [-0.2, -0.15) is 0 Å². The molecule has 1 aliphatic heterocycles. The zero-order chi connectivity index (χ0) is 16.4. The second-order valence-corrected chi connectivity index (χ2v) is 7.43. The van der Waals surface area contributed by atoms with Crippen molar-refractivity contribution in [2.45, 2.75) is 65.0 Å². The first-order valence-electron chi connectivity index (χ1n) is 8.52. The van der Waals surface area contributed by atoms with E-state index in [4.69, 9.17) is 4.42 Å². The number of aryl methyl sites for hydroxylation is 1. The Labute approximate surface area is 137 Å². The number of likely N-dealkylation sites (tertiary alicyclic amines) is 1. The lowest BCUT2D eigenvalue weighted by atomic mass is 9.93. The summed E-state index contributed by atoms with van der Waals surface area (Å²) in [5, 5.41) is 8.41. The van der Waals surface area contributed by atoms with E-state index in [1.807, 2.05) is 6.33 Å². The smallest absolute Gasteiger partial charge is 0.208 e. The Morgan fingerprint density at radius 2 is 2.17 bits per heavy atom. The molecule has 0 aliphatic carbocycles. The first kappa shape index (κ1) is 16.2. The van der Waals surface area contributed by atoms with Gasteiger partial charge in [-0.1, -0.05) is 20.8 Å². The van der Waals surface area contributed by atoms with Crippen LogP contribution in [0.15, 0.2) is 17.0 Å². The van der Waals surface area contributed by atoms with E-state index in [1.54, 1.807) is 6.26 Å². The van der Waals surface area contributed by atoms with Crippen molar-refractivity contribution in [3.05, 3.63) is 30.0 Å². The molecule has 6 nitrogen and oxygen atoms in total. The normalized spacial score (nSPS) is 20.1. The average molecular weight is 317 g/mol. The van der Waals surface area contributed by atoms with Gasteiger partial charge in [0.25, 0.3) is 0 Å². The summed E-state index contributed by atoms with van der Waals surface area (Å²) < 4.78 is 7.83. The molecule has 0 radical (unpaired) electrons. The van der Waals surface area contributed by atoms with Crippen LogP contribution < -0.4 is 0 Å². The van der Waals surface area contributed by atoms with E-state index in [0.29, 0.717) is 5.92 Å². The van der Waals surface area contributed by atoms with Crippen LogP contribution >= 0.6 is 0 Å². The van der Waals surface area contributed by atoms with Gasteiger partial charge in [-0.15, -0.1) is 10.2 Å². The molecule has 0 saturated carbocycles. The van der Waals surface area contributed by atoms with Gasteiger partial charge in [-0.3, -0.25) is 4.90 Å². The van der Waals surface area contributed by atoms with Crippen molar-refractivity contribution < 1.29 is 4.42 Å². The summed E-state index contributed by atoms with van der Waals surface area (Å²) in [6.45, 7) is 12.4. The standard InChI is InChI=1S/C17H27N5O/c1-5-22-12-18-20-16(22)13-7-6-8-21(9-13)10-15-19-14(11-23-15)17(2,3)4/h11-13H,5-10H2,1-4H3. The van der Waals surface area contributed by atoms with Crippen LogP contribution in [-0.2, 0) is 18.5 Å². The van der Waals surface area contributed by atoms with E-state index in [2.05, 4.69) is 52.3 Å². The van der Waals surface area contributed by atoms with Crippen LogP contribution in [0.25, 0.3) is 0 Å². The highest BCUT2D eigenvalue weighted by Gasteiger charge is 2.26. The van der Waals surface area contributed by atoms with E-state index in [1.165, 1.54) is 12.8 Å². The molecule has 1 atom stereocenters. The molecule has 0 spiro atoms. The van der Waals surface area contributed by atoms with Crippen molar-refractivity contribution in [1.82, 2.24) is 24.6 Å². The largest absolute Gasteiger partial charge is 0.447 e. The second-order valence-electron chi connectivity index (χ2n) is 7.43. The number of aromatic nitrogens is 4. The number of nitrogens with zero attached hydrogens (tertiary/aromatic N) is 5. The van der Waals surface area contributed by atoms with Gasteiger partial charge in [0.2, 0.25) is 5.89 Å². The van der Waals surface area contributed by atoms with Gasteiger partial charge in [0.15, 0.2) is 0 Å². The maximum Gasteiger partial charge on any atom is 0.208 e. The summed E-state index contributed by atoms with van der Waals surface area (Å²) >= 11 is 0. The molecule has 3 heterocycles. The summed E-state index contributed by atoms with van der Waals surface area (Å²) in [6, 6.07) is 0. The molecule has 2 aromatic heterocycles. The zero-order valence-corrected chi connectivity index (χ0v) is 14.6. The Morgan fingerprint density at radius 1 is 1.35 bits per heavy atom. The second kappa shape index (κ2) is 6.43. The van der Waals surface area contributed by atoms with Gasteiger partial charge in [0.05, 0.1) is 12.2 Å². The van der Waals surface area contributed by atoms with Crippen LogP contribution in [0.5, 0.6) is 0 Å². The van der Waals surface area contributed by atoms with Crippen molar-refractivity contribution in [3.63, 3.8) is 0 Å². The predicted octanol–water partition coefficient (Wildman–Crippen LogP) is 2.96. The third kappa shape index (κ3) is 3.63. The van der Waals surface area contributed by atoms with Gasteiger partial charge in [-0.25, -0.2) is 4.98 Å². The van der Waals surface area contributed by atoms with E-state index in [0.717, 1.165) is 43.6 Å². The maximum absolute atomic E-state index is 5.68. The highest BCUT2D eigenvalue weighted by Crippen LogP contribution is 2.27. The molecule has 1 fully saturated rings. The summed E-state index contributed by atoms with van der Waals surface area (Å²) in [5.74, 6) is 2.37. The highest BCUT2D eigenvalue weighted by atomic mass is 16.3. The quantitative estimate of drug-likeness (QED) is 0.867. The van der Waals surface area contributed by atoms with E-state index in [-0.39, 0.29) is 5.41 Å². The molecule has 0 aromatic carbocycles. The molecule has 1 unspecified atom stereocenters. The first-order valence-corrected chi connectivity index (χ1v) is 8.52. The van der Waals surface area contributed by atoms with Gasteiger partial charge < -0.3 is 8.98 Å². The van der Waals surface area contributed by atoms with Crippen molar-refractivity contribution in [1.29, 1.82) is 0 Å². The molecule has 0 N–H and O–H groups in total.